The molecular weight excluding hydrogens is 490 g/mol. The number of aliphatic carboxylic acids is 1. The third kappa shape index (κ3) is 6.47. The van der Waals surface area contributed by atoms with Gasteiger partial charge in [-0.3, -0.25) is 14.4 Å². The summed E-state index contributed by atoms with van der Waals surface area (Å²) in [6, 6.07) is 11.3. The summed E-state index contributed by atoms with van der Waals surface area (Å²) in [5, 5.41) is 8.92. The van der Waals surface area contributed by atoms with Crippen LogP contribution < -0.4 is 0 Å². The summed E-state index contributed by atoms with van der Waals surface area (Å²) >= 11 is 1.02. The molecule has 3 rings (SSSR count). The molecular formula is C24H31N3O6S2. The summed E-state index contributed by atoms with van der Waals surface area (Å²) in [7, 11) is -4.04. The molecule has 1 atom stereocenters. The fourth-order valence-electron chi connectivity index (χ4n) is 4.00. The molecule has 35 heavy (non-hydrogen) atoms. The van der Waals surface area contributed by atoms with Gasteiger partial charge in [0.15, 0.2) is 0 Å². The molecule has 0 radical (unpaired) electrons. The number of hydrogen-bond donors (Lipinski definition) is 1. The SMILES string of the molecule is CC(=O)N1CCN(S(=O)(=O)c2ccc(CCC(=O)O)s2)C(C(=O)N(Cc2ccccc2)C(C)C)C1. The van der Waals surface area contributed by atoms with E-state index in [0.29, 0.717) is 11.4 Å². The van der Waals surface area contributed by atoms with Crippen molar-refractivity contribution >= 4 is 39.1 Å². The number of nitrogens with zero attached hydrogens (tertiary/aromatic N) is 3. The molecule has 1 aromatic heterocycles. The lowest BCUT2D eigenvalue weighted by Gasteiger charge is -2.41. The molecule has 0 spiro atoms. The van der Waals surface area contributed by atoms with Crippen molar-refractivity contribution in [1.82, 2.24) is 14.1 Å². The van der Waals surface area contributed by atoms with Crippen LogP contribution in [0.4, 0.5) is 0 Å². The number of piperazine rings is 1. The number of hydrogen-bond acceptors (Lipinski definition) is 6. The van der Waals surface area contributed by atoms with E-state index in [1.165, 1.54) is 22.2 Å². The zero-order chi connectivity index (χ0) is 25.8. The van der Waals surface area contributed by atoms with Gasteiger partial charge in [-0.2, -0.15) is 4.31 Å². The zero-order valence-electron chi connectivity index (χ0n) is 20.1. The molecule has 2 amide bonds. The van der Waals surface area contributed by atoms with Gasteiger partial charge in [-0.05, 0) is 38.0 Å². The molecule has 1 aliphatic heterocycles. The van der Waals surface area contributed by atoms with Gasteiger partial charge in [0, 0.05) is 44.0 Å². The van der Waals surface area contributed by atoms with E-state index >= 15 is 0 Å². The fourth-order valence-corrected chi connectivity index (χ4v) is 7.05. The first-order valence-electron chi connectivity index (χ1n) is 11.4. The van der Waals surface area contributed by atoms with E-state index in [4.69, 9.17) is 5.11 Å². The highest BCUT2D eigenvalue weighted by molar-refractivity contribution is 7.91. The zero-order valence-corrected chi connectivity index (χ0v) is 21.7. The van der Waals surface area contributed by atoms with Crippen molar-refractivity contribution in [2.75, 3.05) is 19.6 Å². The Morgan fingerprint density at radius 2 is 1.80 bits per heavy atom. The van der Waals surface area contributed by atoms with Crippen molar-refractivity contribution in [3.8, 4) is 0 Å². The Morgan fingerprint density at radius 3 is 2.40 bits per heavy atom. The Bertz CT molecular complexity index is 1160. The lowest BCUT2D eigenvalue weighted by Crippen LogP contribution is -2.62. The van der Waals surface area contributed by atoms with Crippen LogP contribution in [0.5, 0.6) is 0 Å². The number of carboxylic acid groups (broad SMARTS) is 1. The van der Waals surface area contributed by atoms with E-state index < -0.39 is 22.0 Å². The maximum Gasteiger partial charge on any atom is 0.303 e. The van der Waals surface area contributed by atoms with Crippen LogP contribution >= 0.6 is 11.3 Å². The van der Waals surface area contributed by atoms with Crippen molar-refractivity contribution in [3.63, 3.8) is 0 Å². The molecule has 0 bridgehead atoms. The molecule has 1 N–H and O–H groups in total. The van der Waals surface area contributed by atoms with Crippen molar-refractivity contribution in [3.05, 3.63) is 52.9 Å². The predicted octanol–water partition coefficient (Wildman–Crippen LogP) is 2.42. The lowest BCUT2D eigenvalue weighted by atomic mass is 10.1. The van der Waals surface area contributed by atoms with E-state index in [2.05, 4.69) is 0 Å². The van der Waals surface area contributed by atoms with Gasteiger partial charge in [0.05, 0.1) is 6.42 Å². The molecule has 190 valence electrons. The largest absolute Gasteiger partial charge is 0.481 e. The number of thiophene rings is 1. The highest BCUT2D eigenvalue weighted by Gasteiger charge is 2.43. The van der Waals surface area contributed by atoms with Gasteiger partial charge in [0.2, 0.25) is 11.8 Å². The van der Waals surface area contributed by atoms with Gasteiger partial charge in [0.1, 0.15) is 10.3 Å². The van der Waals surface area contributed by atoms with Crippen LogP contribution in [-0.2, 0) is 37.4 Å². The number of rotatable bonds is 9. The van der Waals surface area contributed by atoms with Gasteiger partial charge in [-0.15, -0.1) is 11.3 Å². The van der Waals surface area contributed by atoms with Crippen LogP contribution in [0.15, 0.2) is 46.7 Å². The van der Waals surface area contributed by atoms with Crippen LogP contribution in [0.25, 0.3) is 0 Å². The van der Waals surface area contributed by atoms with E-state index in [-0.39, 0.29) is 54.5 Å². The Labute approximate surface area is 210 Å². The van der Waals surface area contributed by atoms with Gasteiger partial charge < -0.3 is 14.9 Å². The van der Waals surface area contributed by atoms with Gasteiger partial charge in [0.25, 0.3) is 10.0 Å². The number of carboxylic acids is 1. The molecule has 9 nitrogen and oxygen atoms in total. The molecule has 11 heteroatoms. The van der Waals surface area contributed by atoms with Crippen molar-refractivity contribution in [2.45, 2.75) is 56.5 Å². The Kier molecular flexibility index (Phi) is 8.68. The Hall–Kier alpha value is -2.76. The first-order valence-corrected chi connectivity index (χ1v) is 13.7. The molecule has 1 unspecified atom stereocenters. The minimum Gasteiger partial charge on any atom is -0.481 e. The Balaban J connectivity index is 1.92. The van der Waals surface area contributed by atoms with Gasteiger partial charge in [-0.1, -0.05) is 30.3 Å². The van der Waals surface area contributed by atoms with Crippen LogP contribution in [0.1, 0.15) is 37.6 Å². The first kappa shape index (κ1) is 26.8. The first-order chi connectivity index (χ1) is 16.5. The number of carbonyl (C=O) groups is 3. The Morgan fingerprint density at radius 1 is 1.11 bits per heavy atom. The molecule has 2 aromatic rings. The monoisotopic (exact) mass is 521 g/mol. The molecule has 0 saturated carbocycles. The van der Waals surface area contributed by atoms with Gasteiger partial charge >= 0.3 is 5.97 Å². The minimum atomic E-state index is -4.04. The number of amides is 2. The van der Waals surface area contributed by atoms with E-state index in [1.54, 1.807) is 11.0 Å². The summed E-state index contributed by atoms with van der Waals surface area (Å²) in [5.41, 5.74) is 0.921. The lowest BCUT2D eigenvalue weighted by molar-refractivity contribution is -0.142. The average molecular weight is 522 g/mol. The highest BCUT2D eigenvalue weighted by atomic mass is 32.2. The van der Waals surface area contributed by atoms with Crippen LogP contribution in [0.3, 0.4) is 0 Å². The van der Waals surface area contributed by atoms with Crippen molar-refractivity contribution in [1.29, 1.82) is 0 Å². The molecule has 1 aliphatic rings. The maximum absolute atomic E-state index is 13.8. The number of carbonyl (C=O) groups excluding carboxylic acids is 2. The second-order valence-corrected chi connectivity index (χ2v) is 12.0. The van der Waals surface area contributed by atoms with Crippen LogP contribution in [0.2, 0.25) is 0 Å². The standard InChI is InChI=1S/C24H31N3O6S2/c1-17(2)26(15-19-7-5-4-6-8-19)24(31)21-16-25(18(3)28)13-14-27(21)35(32,33)23-12-10-20(34-23)9-11-22(29)30/h4-8,10,12,17,21H,9,11,13-16H2,1-3H3,(H,29,30). The summed E-state index contributed by atoms with van der Waals surface area (Å²) in [4.78, 5) is 40.6. The quantitative estimate of drug-likeness (QED) is 0.542. The number of sulfonamides is 1. The molecule has 0 aliphatic carbocycles. The minimum absolute atomic E-state index is 0.00203. The number of benzene rings is 1. The molecule has 1 saturated heterocycles. The van der Waals surface area contributed by atoms with Crippen molar-refractivity contribution in [2.24, 2.45) is 0 Å². The maximum atomic E-state index is 13.8. The topological polar surface area (TPSA) is 115 Å². The molecule has 1 fully saturated rings. The summed E-state index contributed by atoms with van der Waals surface area (Å²) in [5.74, 6) is -1.53. The summed E-state index contributed by atoms with van der Waals surface area (Å²) < 4.78 is 28.5. The summed E-state index contributed by atoms with van der Waals surface area (Å²) in [6.07, 6.45) is 0.134. The summed E-state index contributed by atoms with van der Waals surface area (Å²) in [6.45, 7) is 5.64. The fraction of sp³-hybridized carbons (Fsp3) is 0.458. The number of aryl methyl sites for hydroxylation is 1. The molecule has 2 heterocycles. The van der Waals surface area contributed by atoms with Crippen molar-refractivity contribution < 1.29 is 27.9 Å². The van der Waals surface area contributed by atoms with E-state index in [1.807, 2.05) is 44.2 Å². The normalized spacial score (nSPS) is 16.9. The smallest absolute Gasteiger partial charge is 0.303 e. The third-order valence-electron chi connectivity index (χ3n) is 5.95. The predicted molar refractivity (Wildman–Crippen MR) is 132 cm³/mol. The second-order valence-electron chi connectivity index (χ2n) is 8.76. The third-order valence-corrected chi connectivity index (χ3v) is 9.47. The highest BCUT2D eigenvalue weighted by Crippen LogP contribution is 2.29. The second kappa shape index (κ2) is 11.3. The van der Waals surface area contributed by atoms with Gasteiger partial charge in [-0.25, -0.2) is 8.42 Å². The van der Waals surface area contributed by atoms with Crippen LogP contribution in [0, 0.1) is 0 Å². The average Bonchev–Trinajstić information content (AvgIpc) is 3.31. The molecule has 1 aromatic carbocycles. The van der Waals surface area contributed by atoms with E-state index in [0.717, 1.165) is 16.9 Å². The van der Waals surface area contributed by atoms with E-state index in [9.17, 15) is 22.8 Å². The van der Waals surface area contributed by atoms with Crippen LogP contribution in [-0.4, -0.2) is 77.1 Å².